The lowest BCUT2D eigenvalue weighted by Gasteiger charge is -2.41. The Morgan fingerprint density at radius 2 is 2.19 bits per heavy atom. The van der Waals surface area contributed by atoms with Gasteiger partial charge in [0.15, 0.2) is 5.96 Å². The van der Waals surface area contributed by atoms with Crippen molar-refractivity contribution >= 4 is 5.96 Å². The molecule has 2 rings (SSSR count). The maximum Gasteiger partial charge on any atom is 0.212 e. The van der Waals surface area contributed by atoms with E-state index in [1.54, 1.807) is 14.2 Å². The molecule has 1 aromatic heterocycles. The van der Waals surface area contributed by atoms with Crippen LogP contribution in [0.15, 0.2) is 23.3 Å². The van der Waals surface area contributed by atoms with Gasteiger partial charge in [0.05, 0.1) is 7.11 Å². The molecule has 1 saturated carbocycles. The zero-order valence-electron chi connectivity index (χ0n) is 13.3. The van der Waals surface area contributed by atoms with Crippen LogP contribution in [0.5, 0.6) is 5.88 Å². The molecule has 0 unspecified atom stereocenters. The minimum absolute atomic E-state index is 0.485. The summed E-state index contributed by atoms with van der Waals surface area (Å²) in [7, 11) is 3.43. The smallest absolute Gasteiger partial charge is 0.212 e. The number of nitrogens with one attached hydrogen (secondary N) is 2. The van der Waals surface area contributed by atoms with Crippen molar-refractivity contribution < 1.29 is 4.74 Å². The number of ether oxygens (including phenoxy) is 1. The van der Waals surface area contributed by atoms with Crippen molar-refractivity contribution in [3.05, 3.63) is 23.9 Å². The van der Waals surface area contributed by atoms with Crippen LogP contribution >= 0.6 is 0 Å². The second-order valence-corrected chi connectivity index (χ2v) is 5.70. The minimum atomic E-state index is 0.485. The van der Waals surface area contributed by atoms with Crippen LogP contribution in [0, 0.1) is 5.41 Å². The van der Waals surface area contributed by atoms with Gasteiger partial charge in [0, 0.05) is 32.4 Å². The number of aromatic nitrogens is 1. The van der Waals surface area contributed by atoms with Crippen LogP contribution in [-0.2, 0) is 6.54 Å². The first-order valence-electron chi connectivity index (χ1n) is 7.65. The second kappa shape index (κ2) is 7.29. The third kappa shape index (κ3) is 4.09. The summed E-state index contributed by atoms with van der Waals surface area (Å²) in [5, 5.41) is 6.78. The third-order valence-corrected chi connectivity index (χ3v) is 4.49. The fourth-order valence-electron chi connectivity index (χ4n) is 2.65. The lowest BCUT2D eigenvalue weighted by atomic mass is 9.67. The molecule has 116 valence electrons. The third-order valence-electron chi connectivity index (χ3n) is 4.49. The predicted molar refractivity (Wildman–Crippen MR) is 85.6 cm³/mol. The Kier molecular flexibility index (Phi) is 5.42. The highest BCUT2D eigenvalue weighted by Gasteiger charge is 2.34. The summed E-state index contributed by atoms with van der Waals surface area (Å²) in [6.07, 6.45) is 7.07. The van der Waals surface area contributed by atoms with Gasteiger partial charge in [0.1, 0.15) is 0 Å². The summed E-state index contributed by atoms with van der Waals surface area (Å²) in [6.45, 7) is 3.99. The van der Waals surface area contributed by atoms with E-state index < -0.39 is 0 Å². The highest BCUT2D eigenvalue weighted by Crippen LogP contribution is 2.42. The monoisotopic (exact) mass is 290 g/mol. The van der Waals surface area contributed by atoms with E-state index in [2.05, 4.69) is 27.5 Å². The van der Waals surface area contributed by atoms with Crippen molar-refractivity contribution in [1.82, 2.24) is 15.6 Å². The number of hydrogen-bond acceptors (Lipinski definition) is 3. The molecule has 0 saturated heterocycles. The molecule has 0 aromatic carbocycles. The Hall–Kier alpha value is -1.78. The molecule has 5 nitrogen and oxygen atoms in total. The van der Waals surface area contributed by atoms with Gasteiger partial charge in [0.2, 0.25) is 5.88 Å². The first-order valence-corrected chi connectivity index (χ1v) is 7.65. The van der Waals surface area contributed by atoms with Crippen molar-refractivity contribution in [3.63, 3.8) is 0 Å². The topological polar surface area (TPSA) is 58.5 Å². The number of rotatable bonds is 6. The quantitative estimate of drug-likeness (QED) is 0.623. The van der Waals surface area contributed by atoms with Gasteiger partial charge in [-0.25, -0.2) is 4.98 Å². The summed E-state index contributed by atoms with van der Waals surface area (Å²) in [4.78, 5) is 8.48. The number of guanidine groups is 1. The highest BCUT2D eigenvalue weighted by molar-refractivity contribution is 5.79. The second-order valence-electron chi connectivity index (χ2n) is 5.70. The van der Waals surface area contributed by atoms with E-state index in [1.807, 2.05) is 18.3 Å². The first-order chi connectivity index (χ1) is 10.2. The zero-order valence-corrected chi connectivity index (χ0v) is 13.3. The van der Waals surface area contributed by atoms with Crippen molar-refractivity contribution in [3.8, 4) is 5.88 Å². The summed E-state index contributed by atoms with van der Waals surface area (Å²) in [5.41, 5.74) is 1.59. The lowest BCUT2D eigenvalue weighted by Crippen LogP contribution is -2.46. The molecule has 1 heterocycles. The van der Waals surface area contributed by atoms with Crippen LogP contribution in [0.2, 0.25) is 0 Å². The zero-order chi connectivity index (χ0) is 15.1. The summed E-state index contributed by atoms with van der Waals surface area (Å²) >= 11 is 0. The Morgan fingerprint density at radius 1 is 1.38 bits per heavy atom. The number of aliphatic imine (C=N–C) groups is 1. The standard InChI is InChI=1S/C16H26N4O/c1-4-16(8-5-9-16)12-20-15(17-2)19-11-13-6-7-14(21-3)18-10-13/h6-7,10H,4-5,8-9,11-12H2,1-3H3,(H2,17,19,20). The molecule has 0 amide bonds. The molecule has 1 aliphatic carbocycles. The van der Waals surface area contributed by atoms with Crippen LogP contribution < -0.4 is 15.4 Å². The maximum absolute atomic E-state index is 5.06. The van der Waals surface area contributed by atoms with Gasteiger partial charge < -0.3 is 15.4 Å². The summed E-state index contributed by atoms with van der Waals surface area (Å²) in [6, 6.07) is 3.87. The van der Waals surface area contributed by atoms with E-state index in [0.29, 0.717) is 17.8 Å². The van der Waals surface area contributed by atoms with Gasteiger partial charge in [-0.2, -0.15) is 0 Å². The van der Waals surface area contributed by atoms with Gasteiger partial charge >= 0.3 is 0 Å². The fraction of sp³-hybridized carbons (Fsp3) is 0.625. The molecule has 0 spiro atoms. The predicted octanol–water partition coefficient (Wildman–Crippen LogP) is 2.34. The molecule has 0 radical (unpaired) electrons. The molecular weight excluding hydrogens is 264 g/mol. The van der Waals surface area contributed by atoms with Crippen LogP contribution in [0.25, 0.3) is 0 Å². The van der Waals surface area contributed by atoms with Crippen LogP contribution in [0.4, 0.5) is 0 Å². The molecule has 21 heavy (non-hydrogen) atoms. The van der Waals surface area contributed by atoms with E-state index in [9.17, 15) is 0 Å². The molecule has 1 fully saturated rings. The SMILES string of the molecule is CCC1(CNC(=NC)NCc2ccc(OC)nc2)CCC1. The molecule has 0 bridgehead atoms. The van der Waals surface area contributed by atoms with E-state index in [1.165, 1.54) is 25.7 Å². The first kappa shape index (κ1) is 15.6. The molecular formula is C16H26N4O. The van der Waals surface area contributed by atoms with Gasteiger partial charge in [-0.05, 0) is 30.2 Å². The average Bonchev–Trinajstić information content (AvgIpc) is 2.50. The van der Waals surface area contributed by atoms with Gasteiger partial charge in [-0.3, -0.25) is 4.99 Å². The van der Waals surface area contributed by atoms with Gasteiger partial charge in [-0.1, -0.05) is 19.4 Å². The van der Waals surface area contributed by atoms with Crippen molar-refractivity contribution in [2.45, 2.75) is 39.2 Å². The Labute approximate surface area is 127 Å². The number of hydrogen-bond donors (Lipinski definition) is 2. The summed E-state index contributed by atoms with van der Waals surface area (Å²) < 4.78 is 5.06. The van der Waals surface area contributed by atoms with Crippen molar-refractivity contribution in [2.75, 3.05) is 20.7 Å². The Bertz CT molecular complexity index is 460. The van der Waals surface area contributed by atoms with E-state index in [0.717, 1.165) is 18.1 Å². The normalized spacial score (nSPS) is 17.0. The van der Waals surface area contributed by atoms with Crippen LogP contribution in [0.1, 0.15) is 38.2 Å². The average molecular weight is 290 g/mol. The molecule has 1 aliphatic rings. The maximum atomic E-state index is 5.06. The van der Waals surface area contributed by atoms with Crippen LogP contribution in [-0.4, -0.2) is 31.6 Å². The molecule has 2 N–H and O–H groups in total. The number of nitrogens with zero attached hydrogens (tertiary/aromatic N) is 2. The Balaban J connectivity index is 1.79. The Morgan fingerprint density at radius 3 is 2.67 bits per heavy atom. The number of methoxy groups -OCH3 is 1. The van der Waals surface area contributed by atoms with E-state index in [4.69, 9.17) is 4.74 Å². The molecule has 1 aromatic rings. The molecule has 5 heteroatoms. The van der Waals surface area contributed by atoms with E-state index >= 15 is 0 Å². The molecule has 0 aliphatic heterocycles. The van der Waals surface area contributed by atoms with Crippen molar-refractivity contribution in [1.29, 1.82) is 0 Å². The number of pyridine rings is 1. The highest BCUT2D eigenvalue weighted by atomic mass is 16.5. The summed E-state index contributed by atoms with van der Waals surface area (Å²) in [5.74, 6) is 1.49. The minimum Gasteiger partial charge on any atom is -0.481 e. The largest absolute Gasteiger partial charge is 0.481 e. The van der Waals surface area contributed by atoms with Crippen molar-refractivity contribution in [2.24, 2.45) is 10.4 Å². The molecule has 0 atom stereocenters. The lowest BCUT2D eigenvalue weighted by molar-refractivity contribution is 0.131. The fourth-order valence-corrected chi connectivity index (χ4v) is 2.65. The van der Waals surface area contributed by atoms with Gasteiger partial charge in [0.25, 0.3) is 0 Å². The van der Waals surface area contributed by atoms with Crippen LogP contribution in [0.3, 0.4) is 0 Å². The van der Waals surface area contributed by atoms with Gasteiger partial charge in [-0.15, -0.1) is 0 Å². The van der Waals surface area contributed by atoms with E-state index in [-0.39, 0.29) is 0 Å².